The molecule has 0 spiro atoms. The summed E-state index contributed by atoms with van der Waals surface area (Å²) in [6.45, 7) is 0.739. The summed E-state index contributed by atoms with van der Waals surface area (Å²) in [6.07, 6.45) is -4.64. The Morgan fingerprint density at radius 1 is 1.03 bits per heavy atom. The monoisotopic (exact) mass is 425 g/mol. The average molecular weight is 425 g/mol. The number of hydrogen-bond acceptors (Lipinski definition) is 5. The van der Waals surface area contributed by atoms with Crippen molar-refractivity contribution in [1.29, 1.82) is 5.26 Å². The number of benzene rings is 2. The highest BCUT2D eigenvalue weighted by atomic mass is 32.2. The summed E-state index contributed by atoms with van der Waals surface area (Å²) in [6, 6.07) is 11.1. The van der Waals surface area contributed by atoms with Gasteiger partial charge in [0, 0.05) is 31.9 Å². The Morgan fingerprint density at radius 3 is 2.17 bits per heavy atom. The van der Waals surface area contributed by atoms with Gasteiger partial charge in [-0.25, -0.2) is 8.42 Å². The third kappa shape index (κ3) is 4.31. The van der Waals surface area contributed by atoms with Crippen LogP contribution < -0.4 is 9.64 Å². The van der Waals surface area contributed by atoms with E-state index < -0.39 is 27.3 Å². The second kappa shape index (κ2) is 7.93. The van der Waals surface area contributed by atoms with Crippen LogP contribution in [0.4, 0.5) is 18.9 Å². The minimum Gasteiger partial charge on any atom is -0.497 e. The van der Waals surface area contributed by atoms with Crippen LogP contribution >= 0.6 is 0 Å². The van der Waals surface area contributed by atoms with E-state index in [0.717, 1.165) is 12.1 Å². The lowest BCUT2D eigenvalue weighted by Gasteiger charge is -2.35. The van der Waals surface area contributed by atoms with Gasteiger partial charge in [0.25, 0.3) is 0 Å². The molecule has 1 heterocycles. The summed E-state index contributed by atoms with van der Waals surface area (Å²) in [4.78, 5) is 1.81. The summed E-state index contributed by atoms with van der Waals surface area (Å²) < 4.78 is 71.4. The van der Waals surface area contributed by atoms with E-state index in [0.29, 0.717) is 11.4 Å². The lowest BCUT2D eigenvalue weighted by atomic mass is 10.1. The lowest BCUT2D eigenvalue weighted by Crippen LogP contribution is -2.48. The first-order valence-corrected chi connectivity index (χ1v) is 10.1. The molecule has 0 bridgehead atoms. The molecule has 1 fully saturated rings. The van der Waals surface area contributed by atoms with Crippen molar-refractivity contribution in [3.8, 4) is 11.8 Å². The van der Waals surface area contributed by atoms with Gasteiger partial charge in [-0.2, -0.15) is 22.7 Å². The summed E-state index contributed by atoms with van der Waals surface area (Å²) in [5, 5.41) is 8.90. The molecule has 2 aromatic rings. The molecular weight excluding hydrogens is 407 g/mol. The highest BCUT2D eigenvalue weighted by Crippen LogP contribution is 2.34. The number of nitrogens with zero attached hydrogens (tertiary/aromatic N) is 3. The zero-order chi connectivity index (χ0) is 21.2. The van der Waals surface area contributed by atoms with Crippen LogP contribution in [0.1, 0.15) is 11.1 Å². The predicted molar refractivity (Wildman–Crippen MR) is 100 cm³/mol. The van der Waals surface area contributed by atoms with Gasteiger partial charge in [-0.05, 0) is 42.5 Å². The fraction of sp³-hybridized carbons (Fsp3) is 0.316. The highest BCUT2D eigenvalue weighted by Gasteiger charge is 2.35. The van der Waals surface area contributed by atoms with Gasteiger partial charge in [-0.3, -0.25) is 0 Å². The smallest absolute Gasteiger partial charge is 0.417 e. The number of sulfonamides is 1. The fourth-order valence-corrected chi connectivity index (χ4v) is 4.57. The summed E-state index contributed by atoms with van der Waals surface area (Å²) in [5.41, 5.74) is -1.13. The lowest BCUT2D eigenvalue weighted by molar-refractivity contribution is -0.137. The molecule has 1 aliphatic heterocycles. The number of halogens is 3. The second-order valence-corrected chi connectivity index (χ2v) is 8.34. The fourth-order valence-electron chi connectivity index (χ4n) is 3.14. The van der Waals surface area contributed by atoms with Crippen LogP contribution in [-0.4, -0.2) is 46.0 Å². The van der Waals surface area contributed by atoms with Crippen LogP contribution in [0, 0.1) is 11.3 Å². The maximum absolute atomic E-state index is 13.2. The van der Waals surface area contributed by atoms with Crippen molar-refractivity contribution < 1.29 is 26.3 Å². The molecule has 0 radical (unpaired) electrons. The molecule has 1 saturated heterocycles. The van der Waals surface area contributed by atoms with Gasteiger partial charge in [-0.1, -0.05) is 0 Å². The van der Waals surface area contributed by atoms with Crippen molar-refractivity contribution in [1.82, 2.24) is 4.31 Å². The standard InChI is InChI=1S/C19H18F3N3O3S/c1-28-16-4-6-17(7-5-16)29(26,27)25-10-8-24(9-11-25)15-3-2-14(13-23)18(12-15)19(20,21)22/h2-7,12H,8-11H2,1H3. The normalized spacial score (nSPS) is 15.8. The van der Waals surface area contributed by atoms with Crippen molar-refractivity contribution in [2.24, 2.45) is 0 Å². The Morgan fingerprint density at radius 2 is 1.66 bits per heavy atom. The minimum atomic E-state index is -4.64. The van der Waals surface area contributed by atoms with Gasteiger partial charge in [-0.15, -0.1) is 0 Å². The van der Waals surface area contributed by atoms with E-state index in [-0.39, 0.29) is 31.1 Å². The SMILES string of the molecule is COc1ccc(S(=O)(=O)N2CCN(c3ccc(C#N)c(C(F)(F)F)c3)CC2)cc1. The molecule has 3 rings (SSSR count). The van der Waals surface area contributed by atoms with Crippen LogP contribution in [0.3, 0.4) is 0 Å². The topological polar surface area (TPSA) is 73.6 Å². The molecule has 0 amide bonds. The van der Waals surface area contributed by atoms with Crippen LogP contribution in [-0.2, 0) is 16.2 Å². The van der Waals surface area contributed by atoms with E-state index >= 15 is 0 Å². The Labute approximate surface area is 166 Å². The van der Waals surface area contributed by atoms with E-state index in [9.17, 15) is 21.6 Å². The first kappa shape index (κ1) is 21.0. The predicted octanol–water partition coefficient (Wildman–Crippen LogP) is 3.10. The van der Waals surface area contributed by atoms with Crippen LogP contribution in [0.5, 0.6) is 5.75 Å². The zero-order valence-corrected chi connectivity index (χ0v) is 16.3. The second-order valence-electron chi connectivity index (χ2n) is 6.41. The van der Waals surface area contributed by atoms with Crippen molar-refractivity contribution in [3.63, 3.8) is 0 Å². The zero-order valence-electron chi connectivity index (χ0n) is 15.5. The highest BCUT2D eigenvalue weighted by molar-refractivity contribution is 7.89. The molecule has 0 unspecified atom stereocenters. The average Bonchev–Trinajstić information content (AvgIpc) is 2.72. The first-order chi connectivity index (χ1) is 13.7. The molecule has 1 aliphatic rings. The van der Waals surface area contributed by atoms with Crippen LogP contribution in [0.2, 0.25) is 0 Å². The van der Waals surface area contributed by atoms with E-state index in [1.54, 1.807) is 23.1 Å². The van der Waals surface area contributed by atoms with Crippen molar-refractivity contribution in [2.45, 2.75) is 11.1 Å². The maximum atomic E-state index is 13.2. The van der Waals surface area contributed by atoms with E-state index in [4.69, 9.17) is 10.00 Å². The molecule has 2 aromatic carbocycles. The number of hydrogen-bond donors (Lipinski definition) is 0. The van der Waals surface area contributed by atoms with E-state index in [2.05, 4.69) is 0 Å². The molecule has 0 aromatic heterocycles. The Bertz CT molecular complexity index is 1020. The Kier molecular flexibility index (Phi) is 5.73. The van der Waals surface area contributed by atoms with E-state index in [1.807, 2.05) is 0 Å². The summed E-state index contributed by atoms with van der Waals surface area (Å²) in [5.74, 6) is 0.537. The molecule has 29 heavy (non-hydrogen) atoms. The molecule has 0 saturated carbocycles. The molecular formula is C19H18F3N3O3S. The number of alkyl halides is 3. The van der Waals surface area contributed by atoms with Crippen molar-refractivity contribution in [3.05, 3.63) is 53.6 Å². The number of piperazine rings is 1. The van der Waals surface area contributed by atoms with Gasteiger partial charge in [0.2, 0.25) is 10.0 Å². The number of anilines is 1. The van der Waals surface area contributed by atoms with Gasteiger partial charge >= 0.3 is 6.18 Å². The minimum absolute atomic E-state index is 0.129. The number of ether oxygens (including phenoxy) is 1. The van der Waals surface area contributed by atoms with Gasteiger partial charge in [0.1, 0.15) is 5.75 Å². The molecule has 0 N–H and O–H groups in total. The van der Waals surface area contributed by atoms with Crippen molar-refractivity contribution in [2.75, 3.05) is 38.2 Å². The van der Waals surface area contributed by atoms with Gasteiger partial charge < -0.3 is 9.64 Å². The van der Waals surface area contributed by atoms with Crippen molar-refractivity contribution >= 4 is 15.7 Å². The van der Waals surface area contributed by atoms with Crippen LogP contribution in [0.15, 0.2) is 47.4 Å². The summed E-state index contributed by atoms with van der Waals surface area (Å²) in [7, 11) is -2.22. The maximum Gasteiger partial charge on any atom is 0.417 e. The summed E-state index contributed by atoms with van der Waals surface area (Å²) >= 11 is 0. The first-order valence-electron chi connectivity index (χ1n) is 8.67. The molecule has 0 aliphatic carbocycles. The van der Waals surface area contributed by atoms with E-state index in [1.165, 1.54) is 29.6 Å². The molecule has 154 valence electrons. The number of nitriles is 1. The Hall–Kier alpha value is -2.77. The largest absolute Gasteiger partial charge is 0.497 e. The third-order valence-electron chi connectivity index (χ3n) is 4.73. The van der Waals surface area contributed by atoms with Gasteiger partial charge in [0.05, 0.1) is 29.2 Å². The van der Waals surface area contributed by atoms with Crippen LogP contribution in [0.25, 0.3) is 0 Å². The van der Waals surface area contributed by atoms with Gasteiger partial charge in [0.15, 0.2) is 0 Å². The molecule has 6 nitrogen and oxygen atoms in total. The number of rotatable bonds is 4. The quantitative estimate of drug-likeness (QED) is 0.753. The molecule has 10 heteroatoms. The number of methoxy groups -OCH3 is 1. The molecule has 0 atom stereocenters. The Balaban J connectivity index is 1.76. The third-order valence-corrected chi connectivity index (χ3v) is 6.64.